The third kappa shape index (κ3) is 15.1. The average Bonchev–Trinajstić information content (AvgIpc) is 3.19. The summed E-state index contributed by atoms with van der Waals surface area (Å²) in [4.78, 5) is 28.9. The summed E-state index contributed by atoms with van der Waals surface area (Å²) in [6, 6.07) is 1.31. The van der Waals surface area contributed by atoms with Gasteiger partial charge in [0, 0.05) is 12.1 Å². The van der Waals surface area contributed by atoms with Crippen LogP contribution >= 0.6 is 0 Å². The van der Waals surface area contributed by atoms with E-state index in [0.29, 0.717) is 31.7 Å². The number of likely N-dealkylation sites (N-methyl/N-ethyl adjacent to an activating group) is 1. The van der Waals surface area contributed by atoms with Crippen molar-refractivity contribution in [2.75, 3.05) is 26.7 Å². The molecule has 0 bridgehead atoms. The Morgan fingerprint density at radius 3 is 1.48 bits per heavy atom. The highest BCUT2D eigenvalue weighted by atomic mass is 16.1. The first-order valence-electron chi connectivity index (χ1n) is 7.70. The van der Waals surface area contributed by atoms with Crippen LogP contribution in [0, 0.1) is 0 Å². The molecule has 6 nitrogen and oxygen atoms in total. The van der Waals surface area contributed by atoms with Gasteiger partial charge in [-0.1, -0.05) is 12.8 Å². The zero-order valence-corrected chi connectivity index (χ0v) is 13.0. The first-order chi connectivity index (χ1) is 10.3. The van der Waals surface area contributed by atoms with Crippen LogP contribution in [0.25, 0.3) is 0 Å². The second-order valence-electron chi connectivity index (χ2n) is 5.13. The standard InChI is InChI=1S/C7H13NO.C5H9NO.C3H7NO/c9-6-5-8-7-3-1-2-4-7;7-4-3-6-5-1-2-5;1-4-2-3-5/h6-8H,1-5H2;4-6H,1-3H2;3-4H,2H2,1H3. The minimum absolute atomic E-state index is 0.458. The molecule has 0 aromatic carbocycles. The number of aldehydes is 3. The zero-order valence-electron chi connectivity index (χ0n) is 13.0. The molecule has 0 unspecified atom stereocenters. The fourth-order valence-electron chi connectivity index (χ4n) is 1.93. The number of nitrogens with one attached hydrogen (secondary N) is 3. The van der Waals surface area contributed by atoms with Crippen molar-refractivity contribution < 1.29 is 14.4 Å². The molecule has 0 radical (unpaired) electrons. The molecule has 0 amide bonds. The van der Waals surface area contributed by atoms with Crippen LogP contribution in [0.4, 0.5) is 0 Å². The first-order valence-corrected chi connectivity index (χ1v) is 7.70. The van der Waals surface area contributed by atoms with Gasteiger partial charge in [-0.25, -0.2) is 0 Å². The lowest BCUT2D eigenvalue weighted by atomic mass is 10.2. The predicted octanol–water partition coefficient (Wildman–Crippen LogP) is 0.0595. The highest BCUT2D eigenvalue weighted by molar-refractivity contribution is 5.52. The van der Waals surface area contributed by atoms with Crippen molar-refractivity contribution in [2.45, 2.75) is 50.6 Å². The van der Waals surface area contributed by atoms with E-state index in [4.69, 9.17) is 0 Å². The minimum atomic E-state index is 0.458. The van der Waals surface area contributed by atoms with Crippen LogP contribution in [0.3, 0.4) is 0 Å². The van der Waals surface area contributed by atoms with E-state index in [-0.39, 0.29) is 0 Å². The number of carbonyl (C=O) groups is 3. The molecule has 6 heteroatoms. The molecule has 0 aromatic heterocycles. The van der Waals surface area contributed by atoms with Gasteiger partial charge in [-0.2, -0.15) is 0 Å². The predicted molar refractivity (Wildman–Crippen MR) is 83.4 cm³/mol. The molecule has 21 heavy (non-hydrogen) atoms. The number of carbonyl (C=O) groups excluding carboxylic acids is 3. The van der Waals surface area contributed by atoms with Crippen molar-refractivity contribution >= 4 is 18.9 Å². The van der Waals surface area contributed by atoms with E-state index in [9.17, 15) is 14.4 Å². The monoisotopic (exact) mass is 299 g/mol. The van der Waals surface area contributed by atoms with Gasteiger partial charge in [0.2, 0.25) is 0 Å². The van der Waals surface area contributed by atoms with Gasteiger partial charge >= 0.3 is 0 Å². The lowest BCUT2D eigenvalue weighted by Gasteiger charge is -2.06. The topological polar surface area (TPSA) is 87.3 Å². The summed E-state index contributed by atoms with van der Waals surface area (Å²) in [6.07, 6.45) is 10.3. The molecular formula is C15H29N3O3. The molecule has 2 aliphatic rings. The van der Waals surface area contributed by atoms with Crippen molar-refractivity contribution in [3.8, 4) is 0 Å². The number of rotatable bonds is 8. The van der Waals surface area contributed by atoms with Gasteiger partial charge in [-0.15, -0.1) is 0 Å². The maximum absolute atomic E-state index is 9.90. The maximum atomic E-state index is 9.90. The zero-order chi connectivity index (χ0) is 15.8. The van der Waals surface area contributed by atoms with Crippen LogP contribution in [-0.2, 0) is 14.4 Å². The van der Waals surface area contributed by atoms with Crippen LogP contribution in [0.2, 0.25) is 0 Å². The molecule has 3 N–H and O–H groups in total. The molecule has 2 aliphatic carbocycles. The van der Waals surface area contributed by atoms with E-state index in [2.05, 4.69) is 16.0 Å². The molecule has 2 rings (SSSR count). The molecule has 2 fully saturated rings. The normalized spacial score (nSPS) is 17.0. The van der Waals surface area contributed by atoms with Gasteiger partial charge in [0.1, 0.15) is 18.9 Å². The van der Waals surface area contributed by atoms with Crippen molar-refractivity contribution in [2.24, 2.45) is 0 Å². The molecule has 0 aromatic rings. The highest BCUT2D eigenvalue weighted by Crippen LogP contribution is 2.17. The third-order valence-corrected chi connectivity index (χ3v) is 3.20. The molecule has 122 valence electrons. The SMILES string of the molecule is CNCC=O.O=CCNC1CC1.O=CCNC1CCCC1. The second kappa shape index (κ2) is 15.3. The molecule has 0 atom stereocenters. The molecular weight excluding hydrogens is 270 g/mol. The van der Waals surface area contributed by atoms with Gasteiger partial charge in [0.15, 0.2) is 0 Å². The number of hydrogen-bond donors (Lipinski definition) is 3. The summed E-state index contributed by atoms with van der Waals surface area (Å²) in [6.45, 7) is 1.52. The van der Waals surface area contributed by atoms with Crippen molar-refractivity contribution in [3.63, 3.8) is 0 Å². The van der Waals surface area contributed by atoms with Crippen LogP contribution in [-0.4, -0.2) is 57.6 Å². The Labute approximate surface area is 127 Å². The van der Waals surface area contributed by atoms with Gasteiger partial charge in [-0.3, -0.25) is 0 Å². The van der Waals surface area contributed by atoms with Crippen LogP contribution in [0.5, 0.6) is 0 Å². The van der Waals surface area contributed by atoms with Gasteiger partial charge in [0.05, 0.1) is 19.6 Å². The second-order valence-corrected chi connectivity index (χ2v) is 5.13. The minimum Gasteiger partial charge on any atom is -0.313 e. The summed E-state index contributed by atoms with van der Waals surface area (Å²) in [7, 11) is 1.73. The molecule has 0 heterocycles. The summed E-state index contributed by atoms with van der Waals surface area (Å²) >= 11 is 0. The Hall–Kier alpha value is -1.11. The highest BCUT2D eigenvalue weighted by Gasteiger charge is 2.19. The fourth-order valence-corrected chi connectivity index (χ4v) is 1.93. The van der Waals surface area contributed by atoms with E-state index in [1.165, 1.54) is 38.5 Å². The van der Waals surface area contributed by atoms with E-state index in [1.807, 2.05) is 0 Å². The Morgan fingerprint density at radius 2 is 1.19 bits per heavy atom. The smallest absolute Gasteiger partial charge is 0.133 e. The lowest BCUT2D eigenvalue weighted by molar-refractivity contribution is -0.108. The van der Waals surface area contributed by atoms with Gasteiger partial charge in [-0.05, 0) is 32.7 Å². The summed E-state index contributed by atoms with van der Waals surface area (Å²) in [5.74, 6) is 0. The van der Waals surface area contributed by atoms with Crippen molar-refractivity contribution in [1.29, 1.82) is 0 Å². The summed E-state index contributed by atoms with van der Waals surface area (Å²) < 4.78 is 0. The Bertz CT molecular complexity index is 265. The average molecular weight is 299 g/mol. The first kappa shape index (κ1) is 19.9. The molecule has 0 spiro atoms. The quantitative estimate of drug-likeness (QED) is 0.549. The van der Waals surface area contributed by atoms with E-state index >= 15 is 0 Å². The largest absolute Gasteiger partial charge is 0.313 e. The van der Waals surface area contributed by atoms with Crippen molar-refractivity contribution in [3.05, 3.63) is 0 Å². The van der Waals surface area contributed by atoms with Crippen LogP contribution < -0.4 is 16.0 Å². The fraction of sp³-hybridized carbons (Fsp3) is 0.800. The Kier molecular flexibility index (Phi) is 14.5. The van der Waals surface area contributed by atoms with E-state index in [1.54, 1.807) is 7.05 Å². The Morgan fingerprint density at radius 1 is 0.762 bits per heavy atom. The number of hydrogen-bond acceptors (Lipinski definition) is 6. The summed E-state index contributed by atoms with van der Waals surface area (Å²) in [5, 5.41) is 8.85. The van der Waals surface area contributed by atoms with Gasteiger partial charge in [0.25, 0.3) is 0 Å². The maximum Gasteiger partial charge on any atom is 0.133 e. The van der Waals surface area contributed by atoms with Gasteiger partial charge < -0.3 is 30.3 Å². The molecule has 2 saturated carbocycles. The van der Waals surface area contributed by atoms with E-state index in [0.717, 1.165) is 18.9 Å². The Balaban J connectivity index is 0.000000300. The molecule has 0 aliphatic heterocycles. The van der Waals surface area contributed by atoms with Crippen LogP contribution in [0.15, 0.2) is 0 Å². The lowest BCUT2D eigenvalue weighted by Crippen LogP contribution is -2.27. The van der Waals surface area contributed by atoms with E-state index < -0.39 is 0 Å². The summed E-state index contributed by atoms with van der Waals surface area (Å²) in [5.41, 5.74) is 0. The van der Waals surface area contributed by atoms with Crippen LogP contribution in [0.1, 0.15) is 38.5 Å². The van der Waals surface area contributed by atoms with Crippen molar-refractivity contribution in [1.82, 2.24) is 16.0 Å². The third-order valence-electron chi connectivity index (χ3n) is 3.20. The molecule has 0 saturated heterocycles.